The second kappa shape index (κ2) is 5.92. The summed E-state index contributed by atoms with van der Waals surface area (Å²) in [5.74, 6) is -0.000351. The number of rotatable bonds is 3. The van der Waals surface area contributed by atoms with Crippen molar-refractivity contribution in [3.05, 3.63) is 54.6 Å². The Kier molecular flexibility index (Phi) is 3.96. The molecule has 1 N–H and O–H groups in total. The molecule has 1 heterocycles. The van der Waals surface area contributed by atoms with Crippen molar-refractivity contribution in [2.75, 3.05) is 17.9 Å². The highest BCUT2D eigenvalue weighted by Gasteiger charge is 2.36. The van der Waals surface area contributed by atoms with Gasteiger partial charge in [0.2, 0.25) is 0 Å². The minimum absolute atomic E-state index is 0.0755. The average molecular weight is 332 g/mol. The lowest BCUT2D eigenvalue weighted by atomic mass is 10.2. The average Bonchev–Trinajstić information content (AvgIpc) is 2.60. The van der Waals surface area contributed by atoms with Crippen LogP contribution in [0.5, 0.6) is 5.75 Å². The fourth-order valence-electron chi connectivity index (χ4n) is 2.45. The van der Waals surface area contributed by atoms with Gasteiger partial charge >= 0.3 is 0 Å². The number of fused-ring (bicyclic) bond motifs is 1. The summed E-state index contributed by atoms with van der Waals surface area (Å²) in [5, 5.41) is 2.49. The van der Waals surface area contributed by atoms with Crippen LogP contribution in [0.4, 0.5) is 5.69 Å². The minimum atomic E-state index is -3.78. The Bertz CT molecular complexity index is 821. The van der Waals surface area contributed by atoms with Crippen LogP contribution in [-0.4, -0.2) is 34.0 Å². The number of likely N-dealkylation sites (N-methyl/N-ethyl adjacent to an activating group) is 1. The highest BCUT2D eigenvalue weighted by Crippen LogP contribution is 2.36. The summed E-state index contributed by atoms with van der Waals surface area (Å²) in [6, 6.07) is 14.9. The topological polar surface area (TPSA) is 75.7 Å². The van der Waals surface area contributed by atoms with Crippen molar-refractivity contribution in [1.82, 2.24) is 5.32 Å². The summed E-state index contributed by atoms with van der Waals surface area (Å²) < 4.78 is 32.7. The molecular formula is C16H16N2O4S. The van der Waals surface area contributed by atoms with E-state index in [9.17, 15) is 13.2 Å². The molecule has 2 aromatic rings. The smallest absolute Gasteiger partial charge is 0.264 e. The number of carbonyl (C=O) groups excluding carboxylic acids is 1. The Labute approximate surface area is 134 Å². The SMILES string of the molecule is CNC(=O)C1CN(S(=O)(=O)c2ccccc2)c2ccccc2O1. The number of nitrogens with zero attached hydrogens (tertiary/aromatic N) is 1. The van der Waals surface area contributed by atoms with Crippen molar-refractivity contribution < 1.29 is 17.9 Å². The third-order valence-corrected chi connectivity index (χ3v) is 5.40. The summed E-state index contributed by atoms with van der Waals surface area (Å²) in [7, 11) is -2.29. The zero-order chi connectivity index (χ0) is 16.4. The van der Waals surface area contributed by atoms with Crippen molar-refractivity contribution >= 4 is 21.6 Å². The van der Waals surface area contributed by atoms with Crippen LogP contribution in [0.1, 0.15) is 0 Å². The van der Waals surface area contributed by atoms with Crippen LogP contribution in [0, 0.1) is 0 Å². The summed E-state index contributed by atoms with van der Waals surface area (Å²) in [4.78, 5) is 12.1. The van der Waals surface area contributed by atoms with Gasteiger partial charge in [0.15, 0.2) is 6.10 Å². The van der Waals surface area contributed by atoms with E-state index in [0.29, 0.717) is 11.4 Å². The lowest BCUT2D eigenvalue weighted by Crippen LogP contribution is -2.50. The molecule has 7 heteroatoms. The highest BCUT2D eigenvalue weighted by atomic mass is 32.2. The van der Waals surface area contributed by atoms with Gasteiger partial charge in [0.25, 0.3) is 15.9 Å². The molecule has 0 saturated heterocycles. The van der Waals surface area contributed by atoms with E-state index >= 15 is 0 Å². The maximum Gasteiger partial charge on any atom is 0.264 e. The largest absolute Gasteiger partial charge is 0.476 e. The van der Waals surface area contributed by atoms with Gasteiger partial charge in [0.1, 0.15) is 5.75 Å². The molecule has 1 amide bonds. The maximum atomic E-state index is 12.9. The quantitative estimate of drug-likeness (QED) is 0.921. The van der Waals surface area contributed by atoms with Gasteiger partial charge in [-0.1, -0.05) is 30.3 Å². The number of amides is 1. The molecule has 23 heavy (non-hydrogen) atoms. The standard InChI is InChI=1S/C16H16N2O4S/c1-17-16(19)15-11-18(13-9-5-6-10-14(13)22-15)23(20,21)12-7-3-2-4-8-12/h2-10,15H,11H2,1H3,(H,17,19). The van der Waals surface area contributed by atoms with E-state index in [1.807, 2.05) is 0 Å². The van der Waals surface area contributed by atoms with Crippen molar-refractivity contribution in [2.45, 2.75) is 11.0 Å². The molecular weight excluding hydrogens is 316 g/mol. The summed E-state index contributed by atoms with van der Waals surface area (Å²) in [6.45, 7) is -0.0755. The zero-order valence-electron chi connectivity index (χ0n) is 12.5. The highest BCUT2D eigenvalue weighted by molar-refractivity contribution is 7.92. The first-order chi connectivity index (χ1) is 11.0. The van der Waals surface area contributed by atoms with E-state index in [2.05, 4.69) is 5.32 Å². The number of hydrogen-bond acceptors (Lipinski definition) is 4. The van der Waals surface area contributed by atoms with Gasteiger partial charge < -0.3 is 10.1 Å². The first-order valence-electron chi connectivity index (χ1n) is 7.09. The van der Waals surface area contributed by atoms with Crippen molar-refractivity contribution in [1.29, 1.82) is 0 Å². The fourth-order valence-corrected chi connectivity index (χ4v) is 3.94. The third-order valence-electron chi connectivity index (χ3n) is 3.60. The summed E-state index contributed by atoms with van der Waals surface area (Å²) in [5.41, 5.74) is 0.427. The van der Waals surface area contributed by atoms with Gasteiger partial charge in [-0.2, -0.15) is 0 Å². The molecule has 120 valence electrons. The Balaban J connectivity index is 2.08. The second-order valence-corrected chi connectivity index (χ2v) is 6.90. The first-order valence-corrected chi connectivity index (χ1v) is 8.53. The van der Waals surface area contributed by atoms with Crippen LogP contribution in [-0.2, 0) is 14.8 Å². The van der Waals surface area contributed by atoms with Gasteiger partial charge in [-0.3, -0.25) is 9.10 Å². The van der Waals surface area contributed by atoms with Crippen LogP contribution in [0.3, 0.4) is 0 Å². The lowest BCUT2D eigenvalue weighted by molar-refractivity contribution is -0.127. The van der Waals surface area contributed by atoms with Gasteiger partial charge in [0.05, 0.1) is 17.1 Å². The molecule has 0 fully saturated rings. The van der Waals surface area contributed by atoms with Crippen LogP contribution < -0.4 is 14.4 Å². The normalized spacial score (nSPS) is 17.1. The molecule has 0 radical (unpaired) electrons. The number of nitrogens with one attached hydrogen (secondary N) is 1. The van der Waals surface area contributed by atoms with Gasteiger partial charge in [-0.05, 0) is 24.3 Å². The van der Waals surface area contributed by atoms with Gasteiger partial charge in [-0.25, -0.2) is 8.42 Å². The van der Waals surface area contributed by atoms with Gasteiger partial charge in [-0.15, -0.1) is 0 Å². The molecule has 0 saturated carbocycles. The number of anilines is 1. The van der Waals surface area contributed by atoms with Crippen LogP contribution in [0.25, 0.3) is 0 Å². The molecule has 1 aliphatic heterocycles. The van der Waals surface area contributed by atoms with E-state index in [0.717, 1.165) is 0 Å². The second-order valence-electron chi connectivity index (χ2n) is 5.04. The molecule has 3 rings (SSSR count). The fraction of sp³-hybridized carbons (Fsp3) is 0.188. The molecule has 2 aromatic carbocycles. The maximum absolute atomic E-state index is 12.9. The zero-order valence-corrected chi connectivity index (χ0v) is 13.3. The van der Waals surface area contributed by atoms with E-state index in [-0.39, 0.29) is 17.3 Å². The Morgan fingerprint density at radius 2 is 1.78 bits per heavy atom. The lowest BCUT2D eigenvalue weighted by Gasteiger charge is -2.34. The molecule has 0 bridgehead atoms. The number of benzene rings is 2. The molecule has 0 spiro atoms. The Morgan fingerprint density at radius 1 is 1.13 bits per heavy atom. The molecule has 0 aromatic heterocycles. The first kappa shape index (κ1) is 15.4. The Morgan fingerprint density at radius 3 is 2.48 bits per heavy atom. The van der Waals surface area contributed by atoms with E-state index in [1.54, 1.807) is 42.5 Å². The predicted octanol–water partition coefficient (Wildman–Crippen LogP) is 1.39. The number of ether oxygens (including phenoxy) is 1. The van der Waals surface area contributed by atoms with Crippen LogP contribution in [0.15, 0.2) is 59.5 Å². The number of hydrogen-bond donors (Lipinski definition) is 1. The summed E-state index contributed by atoms with van der Waals surface area (Å²) >= 11 is 0. The molecule has 1 unspecified atom stereocenters. The number of sulfonamides is 1. The molecule has 1 atom stereocenters. The van der Waals surface area contributed by atoms with Crippen molar-refractivity contribution in [3.8, 4) is 5.75 Å². The Hall–Kier alpha value is -2.54. The number of para-hydroxylation sites is 2. The van der Waals surface area contributed by atoms with E-state index in [1.165, 1.54) is 23.5 Å². The summed E-state index contributed by atoms with van der Waals surface area (Å²) in [6.07, 6.45) is -0.895. The monoisotopic (exact) mass is 332 g/mol. The molecule has 0 aliphatic carbocycles. The minimum Gasteiger partial charge on any atom is -0.476 e. The third kappa shape index (κ3) is 2.75. The van der Waals surface area contributed by atoms with Crippen LogP contribution in [0.2, 0.25) is 0 Å². The van der Waals surface area contributed by atoms with Gasteiger partial charge in [0, 0.05) is 7.05 Å². The predicted molar refractivity (Wildman–Crippen MR) is 85.9 cm³/mol. The molecule has 1 aliphatic rings. The van der Waals surface area contributed by atoms with E-state index in [4.69, 9.17) is 4.74 Å². The molecule has 6 nitrogen and oxygen atoms in total. The van der Waals surface area contributed by atoms with Crippen molar-refractivity contribution in [2.24, 2.45) is 0 Å². The number of carbonyl (C=O) groups is 1. The van der Waals surface area contributed by atoms with Crippen molar-refractivity contribution in [3.63, 3.8) is 0 Å². The van der Waals surface area contributed by atoms with E-state index < -0.39 is 16.1 Å². The van der Waals surface area contributed by atoms with Crippen LogP contribution >= 0.6 is 0 Å².